The Morgan fingerprint density at radius 2 is 1.87 bits per heavy atom. The van der Waals surface area contributed by atoms with Gasteiger partial charge in [0.25, 0.3) is 5.91 Å². The van der Waals surface area contributed by atoms with E-state index in [0.717, 1.165) is 51.9 Å². The molecule has 3 rings (SSSR count). The predicted molar refractivity (Wildman–Crippen MR) is 87.0 cm³/mol. The molecule has 0 aromatic carbocycles. The fourth-order valence-corrected chi connectivity index (χ4v) is 3.25. The van der Waals surface area contributed by atoms with E-state index in [0.29, 0.717) is 12.2 Å². The third kappa shape index (κ3) is 4.28. The van der Waals surface area contributed by atoms with Gasteiger partial charge in [-0.2, -0.15) is 0 Å². The van der Waals surface area contributed by atoms with E-state index in [1.54, 1.807) is 18.3 Å². The van der Waals surface area contributed by atoms with Crippen molar-refractivity contribution in [3.8, 4) is 0 Å². The first-order chi connectivity index (χ1) is 11.2. The lowest BCUT2D eigenvalue weighted by Gasteiger charge is -2.32. The van der Waals surface area contributed by atoms with E-state index in [9.17, 15) is 9.59 Å². The second kappa shape index (κ2) is 7.55. The summed E-state index contributed by atoms with van der Waals surface area (Å²) in [6, 6.07) is 5.50. The van der Waals surface area contributed by atoms with Gasteiger partial charge in [0.2, 0.25) is 5.91 Å². The van der Waals surface area contributed by atoms with Crippen LogP contribution in [0.5, 0.6) is 0 Å². The fraction of sp³-hybridized carbons (Fsp3) is 0.588. The maximum Gasteiger partial charge on any atom is 0.270 e. The number of carbonyl (C=O) groups is 2. The first-order valence-electron chi connectivity index (χ1n) is 8.44. The van der Waals surface area contributed by atoms with Crippen LogP contribution < -0.4 is 5.32 Å². The molecule has 2 aliphatic rings. The SMILES string of the molecule is O=C(NC1CCN(CC(=O)N2CCCC2)CC1)c1ccccn1. The largest absolute Gasteiger partial charge is 0.348 e. The summed E-state index contributed by atoms with van der Waals surface area (Å²) < 4.78 is 0. The van der Waals surface area contributed by atoms with Crippen LogP contribution in [0.25, 0.3) is 0 Å². The van der Waals surface area contributed by atoms with Gasteiger partial charge in [-0.3, -0.25) is 19.5 Å². The molecule has 0 unspecified atom stereocenters. The highest BCUT2D eigenvalue weighted by molar-refractivity contribution is 5.92. The van der Waals surface area contributed by atoms with E-state index >= 15 is 0 Å². The number of carbonyl (C=O) groups excluding carboxylic acids is 2. The van der Waals surface area contributed by atoms with Crippen LogP contribution >= 0.6 is 0 Å². The lowest BCUT2D eigenvalue weighted by atomic mass is 10.0. The van der Waals surface area contributed by atoms with Crippen molar-refractivity contribution in [1.82, 2.24) is 20.1 Å². The second-order valence-electron chi connectivity index (χ2n) is 6.33. The van der Waals surface area contributed by atoms with Crippen LogP contribution in [-0.4, -0.2) is 65.4 Å². The van der Waals surface area contributed by atoms with Crippen molar-refractivity contribution in [3.63, 3.8) is 0 Å². The van der Waals surface area contributed by atoms with Crippen molar-refractivity contribution < 1.29 is 9.59 Å². The number of piperidine rings is 1. The third-order valence-corrected chi connectivity index (χ3v) is 4.64. The molecule has 0 aliphatic carbocycles. The van der Waals surface area contributed by atoms with Crippen molar-refractivity contribution in [2.45, 2.75) is 31.7 Å². The van der Waals surface area contributed by atoms with E-state index in [-0.39, 0.29) is 17.9 Å². The fourth-order valence-electron chi connectivity index (χ4n) is 3.25. The lowest BCUT2D eigenvalue weighted by molar-refractivity contribution is -0.131. The zero-order chi connectivity index (χ0) is 16.1. The minimum absolute atomic E-state index is 0.114. The van der Waals surface area contributed by atoms with Crippen LogP contribution in [0, 0.1) is 0 Å². The molecule has 23 heavy (non-hydrogen) atoms. The van der Waals surface area contributed by atoms with Crippen molar-refractivity contribution in [2.75, 3.05) is 32.7 Å². The van der Waals surface area contributed by atoms with Gasteiger partial charge in [-0.05, 0) is 37.8 Å². The minimum Gasteiger partial charge on any atom is -0.348 e. The quantitative estimate of drug-likeness (QED) is 0.896. The minimum atomic E-state index is -0.114. The maximum atomic E-state index is 12.2. The molecule has 6 nitrogen and oxygen atoms in total. The average molecular weight is 316 g/mol. The maximum absolute atomic E-state index is 12.2. The number of hydrogen-bond acceptors (Lipinski definition) is 4. The first-order valence-corrected chi connectivity index (χ1v) is 8.44. The van der Waals surface area contributed by atoms with Crippen molar-refractivity contribution >= 4 is 11.8 Å². The van der Waals surface area contributed by atoms with Crippen LogP contribution in [0.3, 0.4) is 0 Å². The zero-order valence-corrected chi connectivity index (χ0v) is 13.4. The Bertz CT molecular complexity index is 535. The molecule has 1 aromatic heterocycles. The van der Waals surface area contributed by atoms with Gasteiger partial charge in [-0.15, -0.1) is 0 Å². The molecule has 0 saturated carbocycles. The number of aromatic nitrogens is 1. The van der Waals surface area contributed by atoms with E-state index in [1.165, 1.54) is 0 Å². The summed E-state index contributed by atoms with van der Waals surface area (Å²) in [6.45, 7) is 4.05. The van der Waals surface area contributed by atoms with E-state index < -0.39 is 0 Å². The summed E-state index contributed by atoms with van der Waals surface area (Å²) in [4.78, 5) is 32.5. The summed E-state index contributed by atoms with van der Waals surface area (Å²) in [5, 5.41) is 3.04. The monoisotopic (exact) mass is 316 g/mol. The van der Waals surface area contributed by atoms with Crippen LogP contribution in [0.4, 0.5) is 0 Å². The molecule has 1 N–H and O–H groups in total. The van der Waals surface area contributed by atoms with E-state index in [2.05, 4.69) is 15.2 Å². The molecule has 2 saturated heterocycles. The Hall–Kier alpha value is -1.95. The smallest absolute Gasteiger partial charge is 0.270 e. The molecule has 2 fully saturated rings. The molecule has 0 radical (unpaired) electrons. The molecule has 2 aliphatic heterocycles. The zero-order valence-electron chi connectivity index (χ0n) is 13.4. The van der Waals surface area contributed by atoms with Crippen molar-refractivity contribution in [2.24, 2.45) is 0 Å². The molecule has 0 spiro atoms. The number of nitrogens with one attached hydrogen (secondary N) is 1. The van der Waals surface area contributed by atoms with E-state index in [1.807, 2.05) is 11.0 Å². The topological polar surface area (TPSA) is 65.5 Å². The van der Waals surface area contributed by atoms with Crippen molar-refractivity contribution in [1.29, 1.82) is 0 Å². The number of amides is 2. The molecule has 124 valence electrons. The Morgan fingerprint density at radius 1 is 1.13 bits per heavy atom. The molecular formula is C17H24N4O2. The Balaban J connectivity index is 1.41. The highest BCUT2D eigenvalue weighted by Gasteiger charge is 2.25. The van der Waals surface area contributed by atoms with Crippen LogP contribution in [0.2, 0.25) is 0 Å². The van der Waals surface area contributed by atoms with Gasteiger partial charge in [0, 0.05) is 38.4 Å². The van der Waals surface area contributed by atoms with Gasteiger partial charge in [0.05, 0.1) is 6.54 Å². The van der Waals surface area contributed by atoms with Crippen LogP contribution in [0.1, 0.15) is 36.2 Å². The first kappa shape index (κ1) is 15.9. The Labute approximate surface area is 136 Å². The standard InChI is InChI=1S/C17H24N4O2/c22-16(21-9-3-4-10-21)13-20-11-6-14(7-12-20)19-17(23)15-5-1-2-8-18-15/h1-2,5,8,14H,3-4,6-7,9-13H2,(H,19,23). The normalized spacial score (nSPS) is 19.7. The summed E-state index contributed by atoms with van der Waals surface area (Å²) in [7, 11) is 0. The summed E-state index contributed by atoms with van der Waals surface area (Å²) in [6.07, 6.45) is 5.65. The number of rotatable bonds is 4. The Morgan fingerprint density at radius 3 is 2.52 bits per heavy atom. The summed E-state index contributed by atoms with van der Waals surface area (Å²) >= 11 is 0. The molecule has 0 bridgehead atoms. The second-order valence-corrected chi connectivity index (χ2v) is 6.33. The van der Waals surface area contributed by atoms with Crippen LogP contribution in [-0.2, 0) is 4.79 Å². The number of pyridine rings is 1. The summed E-state index contributed by atoms with van der Waals surface area (Å²) in [5.41, 5.74) is 0.458. The number of hydrogen-bond donors (Lipinski definition) is 1. The molecule has 3 heterocycles. The molecule has 1 aromatic rings. The predicted octanol–water partition coefficient (Wildman–Crippen LogP) is 0.898. The number of nitrogens with zero attached hydrogens (tertiary/aromatic N) is 3. The van der Waals surface area contributed by atoms with Gasteiger partial charge in [-0.25, -0.2) is 0 Å². The van der Waals surface area contributed by atoms with Crippen molar-refractivity contribution in [3.05, 3.63) is 30.1 Å². The lowest BCUT2D eigenvalue weighted by Crippen LogP contribution is -2.47. The van der Waals surface area contributed by atoms with Gasteiger partial charge in [-0.1, -0.05) is 6.07 Å². The van der Waals surface area contributed by atoms with Gasteiger partial charge in [0.15, 0.2) is 0 Å². The highest BCUT2D eigenvalue weighted by Crippen LogP contribution is 2.13. The van der Waals surface area contributed by atoms with E-state index in [4.69, 9.17) is 0 Å². The number of likely N-dealkylation sites (tertiary alicyclic amines) is 2. The van der Waals surface area contributed by atoms with Gasteiger partial charge < -0.3 is 10.2 Å². The molecule has 6 heteroatoms. The average Bonchev–Trinajstić information content (AvgIpc) is 3.12. The molecule has 0 atom stereocenters. The van der Waals surface area contributed by atoms with Gasteiger partial charge >= 0.3 is 0 Å². The third-order valence-electron chi connectivity index (χ3n) is 4.64. The molecule has 2 amide bonds. The molecular weight excluding hydrogens is 292 g/mol. The van der Waals surface area contributed by atoms with Crippen LogP contribution in [0.15, 0.2) is 24.4 Å². The highest BCUT2D eigenvalue weighted by atomic mass is 16.2. The Kier molecular flexibility index (Phi) is 5.23. The van der Waals surface area contributed by atoms with Gasteiger partial charge in [0.1, 0.15) is 5.69 Å². The summed E-state index contributed by atoms with van der Waals surface area (Å²) in [5.74, 6) is 0.135.